The van der Waals surface area contributed by atoms with Gasteiger partial charge in [0, 0.05) is 19.3 Å². The van der Waals surface area contributed by atoms with Crippen LogP contribution in [0.4, 0.5) is 5.69 Å². The fourth-order valence-electron chi connectivity index (χ4n) is 2.84. The maximum absolute atomic E-state index is 13.1. The second-order valence-corrected chi connectivity index (χ2v) is 6.39. The minimum absolute atomic E-state index is 0.0502. The van der Waals surface area contributed by atoms with E-state index in [4.69, 9.17) is 21.4 Å². The van der Waals surface area contributed by atoms with Crippen molar-refractivity contribution < 1.29 is 19.4 Å². The number of para-hydroxylation sites is 1. The Hall–Kier alpha value is -2.57. The van der Waals surface area contributed by atoms with Crippen LogP contribution in [-0.4, -0.2) is 48.6 Å². The van der Waals surface area contributed by atoms with Gasteiger partial charge in [-0.25, -0.2) is 0 Å². The lowest BCUT2D eigenvalue weighted by atomic mass is 10.1. The Bertz CT molecular complexity index is 840. The third-order valence-electron chi connectivity index (χ3n) is 4.19. The second kappa shape index (κ2) is 7.76. The number of amides is 2. The lowest BCUT2D eigenvalue weighted by molar-refractivity contribution is -0.128. The number of carbonyl (C=O) groups excluding carboxylic acids is 2. The molecule has 1 aliphatic heterocycles. The first-order chi connectivity index (χ1) is 12.5. The predicted octanol–water partition coefficient (Wildman–Crippen LogP) is 2.33. The van der Waals surface area contributed by atoms with Crippen LogP contribution in [0, 0.1) is 0 Å². The van der Waals surface area contributed by atoms with Crippen molar-refractivity contribution in [3.05, 3.63) is 58.6 Å². The average Bonchev–Trinajstić information content (AvgIpc) is 2.76. The van der Waals surface area contributed by atoms with E-state index in [9.17, 15) is 9.59 Å². The fraction of sp³-hybridized carbons (Fsp3) is 0.263. The van der Waals surface area contributed by atoms with Gasteiger partial charge in [0.25, 0.3) is 5.91 Å². The summed E-state index contributed by atoms with van der Waals surface area (Å²) in [6, 6.07) is 12.2. The number of hydrogen-bond donors (Lipinski definition) is 1. The summed E-state index contributed by atoms with van der Waals surface area (Å²) in [4.78, 5) is 28.5. The summed E-state index contributed by atoms with van der Waals surface area (Å²) in [5.74, 6) is -0.0268. The van der Waals surface area contributed by atoms with Crippen LogP contribution in [0.15, 0.2) is 42.5 Å². The third kappa shape index (κ3) is 3.66. The maximum atomic E-state index is 13.1. The largest absolute Gasteiger partial charge is 0.491 e. The van der Waals surface area contributed by atoms with Gasteiger partial charge in [-0.1, -0.05) is 29.8 Å². The van der Waals surface area contributed by atoms with E-state index in [0.29, 0.717) is 18.0 Å². The van der Waals surface area contributed by atoms with E-state index >= 15 is 0 Å². The van der Waals surface area contributed by atoms with Crippen molar-refractivity contribution in [2.75, 3.05) is 31.7 Å². The third-order valence-corrected chi connectivity index (χ3v) is 4.50. The Morgan fingerprint density at radius 2 is 2.00 bits per heavy atom. The van der Waals surface area contributed by atoms with Crippen molar-refractivity contribution in [3.63, 3.8) is 0 Å². The molecule has 0 saturated carbocycles. The van der Waals surface area contributed by atoms with Crippen LogP contribution in [0.3, 0.4) is 0 Å². The summed E-state index contributed by atoms with van der Waals surface area (Å²) in [7, 11) is 1.72. The van der Waals surface area contributed by atoms with E-state index in [1.165, 1.54) is 11.0 Å². The Balaban J connectivity index is 1.95. The Morgan fingerprint density at radius 3 is 2.73 bits per heavy atom. The maximum Gasteiger partial charge on any atom is 0.260 e. The van der Waals surface area contributed by atoms with Crippen molar-refractivity contribution >= 4 is 29.1 Å². The number of aliphatic hydroxyl groups is 1. The molecule has 2 amide bonds. The van der Waals surface area contributed by atoms with E-state index < -0.39 is 0 Å². The number of ether oxygens (including phenoxy) is 1. The smallest absolute Gasteiger partial charge is 0.260 e. The molecule has 7 heteroatoms. The predicted molar refractivity (Wildman–Crippen MR) is 98.6 cm³/mol. The van der Waals surface area contributed by atoms with Crippen LogP contribution >= 0.6 is 11.6 Å². The highest BCUT2D eigenvalue weighted by Crippen LogP contribution is 2.29. The van der Waals surface area contributed by atoms with Gasteiger partial charge in [0.05, 0.1) is 17.2 Å². The fourth-order valence-corrected chi connectivity index (χ4v) is 3.09. The number of halogens is 1. The Labute approximate surface area is 156 Å². The molecule has 6 nitrogen and oxygen atoms in total. The van der Waals surface area contributed by atoms with Gasteiger partial charge < -0.3 is 14.7 Å². The quantitative estimate of drug-likeness (QED) is 0.891. The molecule has 0 bridgehead atoms. The number of benzene rings is 2. The molecule has 3 rings (SSSR count). The molecule has 1 N–H and O–H groups in total. The lowest BCUT2D eigenvalue weighted by Gasteiger charge is -2.22. The van der Waals surface area contributed by atoms with Gasteiger partial charge in [-0.15, -0.1) is 0 Å². The van der Waals surface area contributed by atoms with Gasteiger partial charge >= 0.3 is 0 Å². The van der Waals surface area contributed by atoms with Crippen molar-refractivity contribution in [3.8, 4) is 5.75 Å². The summed E-state index contributed by atoms with van der Waals surface area (Å²) < 4.78 is 5.30. The van der Waals surface area contributed by atoms with Gasteiger partial charge in [-0.05, 0) is 29.8 Å². The summed E-state index contributed by atoms with van der Waals surface area (Å²) in [6.07, 6.45) is 0. The topological polar surface area (TPSA) is 70.1 Å². The van der Waals surface area contributed by atoms with Crippen LogP contribution in [0.25, 0.3) is 0 Å². The molecule has 1 heterocycles. The standard InChI is InChI=1S/C19H19ClN2O4/c1-21-11-13-4-2-3-5-17(13)22(12-18(21)24)19(25)15-7-6-14(10-16(15)20)26-9-8-23/h2-7,10,23H,8-9,11-12H2,1H3. The first kappa shape index (κ1) is 18.2. The molecule has 0 spiro atoms. The monoisotopic (exact) mass is 374 g/mol. The molecule has 1 aliphatic rings. The highest BCUT2D eigenvalue weighted by molar-refractivity contribution is 6.34. The molecular weight excluding hydrogens is 356 g/mol. The molecule has 0 saturated heterocycles. The summed E-state index contributed by atoms with van der Waals surface area (Å²) in [6.45, 7) is 0.425. The number of likely N-dealkylation sites (N-methyl/N-ethyl adjacent to an activating group) is 1. The minimum atomic E-state index is -0.347. The van der Waals surface area contributed by atoms with Crippen LogP contribution in [0.2, 0.25) is 5.02 Å². The molecule has 0 unspecified atom stereocenters. The van der Waals surface area contributed by atoms with Gasteiger partial charge in [0.15, 0.2) is 0 Å². The van der Waals surface area contributed by atoms with Crippen LogP contribution < -0.4 is 9.64 Å². The molecule has 0 radical (unpaired) electrons. The average molecular weight is 375 g/mol. The first-order valence-electron chi connectivity index (χ1n) is 8.18. The zero-order valence-corrected chi connectivity index (χ0v) is 15.1. The molecule has 26 heavy (non-hydrogen) atoms. The van der Waals surface area contributed by atoms with Crippen molar-refractivity contribution in [1.82, 2.24) is 4.90 Å². The number of hydrogen-bond acceptors (Lipinski definition) is 4. The van der Waals surface area contributed by atoms with Crippen LogP contribution in [-0.2, 0) is 11.3 Å². The number of nitrogens with zero attached hydrogens (tertiary/aromatic N) is 2. The van der Waals surface area contributed by atoms with Crippen LogP contribution in [0.5, 0.6) is 5.75 Å². The summed E-state index contributed by atoms with van der Waals surface area (Å²) in [5.41, 5.74) is 1.88. The van der Waals surface area contributed by atoms with Crippen molar-refractivity contribution in [2.45, 2.75) is 6.54 Å². The number of aliphatic hydroxyl groups excluding tert-OH is 1. The van der Waals surface area contributed by atoms with Crippen LogP contribution in [0.1, 0.15) is 15.9 Å². The van der Waals surface area contributed by atoms with Gasteiger partial charge in [-0.2, -0.15) is 0 Å². The molecule has 0 atom stereocenters. The molecular formula is C19H19ClN2O4. The minimum Gasteiger partial charge on any atom is -0.491 e. The van der Waals surface area contributed by atoms with Crippen molar-refractivity contribution in [1.29, 1.82) is 0 Å². The summed E-state index contributed by atoms with van der Waals surface area (Å²) >= 11 is 6.27. The Kier molecular flexibility index (Phi) is 5.44. The van der Waals surface area contributed by atoms with E-state index in [1.54, 1.807) is 24.1 Å². The Morgan fingerprint density at radius 1 is 1.23 bits per heavy atom. The van der Waals surface area contributed by atoms with Gasteiger partial charge in [0.2, 0.25) is 5.91 Å². The van der Waals surface area contributed by atoms with E-state index in [-0.39, 0.29) is 42.2 Å². The van der Waals surface area contributed by atoms with Crippen molar-refractivity contribution in [2.24, 2.45) is 0 Å². The molecule has 0 fully saturated rings. The van der Waals surface area contributed by atoms with E-state index in [1.807, 2.05) is 24.3 Å². The highest BCUT2D eigenvalue weighted by Gasteiger charge is 2.29. The molecule has 0 aliphatic carbocycles. The van der Waals surface area contributed by atoms with E-state index in [0.717, 1.165) is 5.56 Å². The van der Waals surface area contributed by atoms with Gasteiger partial charge in [0.1, 0.15) is 18.9 Å². The SMILES string of the molecule is CN1Cc2ccccc2N(C(=O)c2ccc(OCCO)cc2Cl)CC1=O. The number of carbonyl (C=O) groups is 2. The second-order valence-electron chi connectivity index (χ2n) is 5.98. The summed E-state index contributed by atoms with van der Waals surface area (Å²) in [5, 5.41) is 9.05. The normalized spacial score (nSPS) is 14.0. The molecule has 0 aromatic heterocycles. The number of fused-ring (bicyclic) bond motifs is 1. The molecule has 2 aromatic rings. The first-order valence-corrected chi connectivity index (χ1v) is 8.56. The lowest BCUT2D eigenvalue weighted by Crippen LogP contribution is -2.39. The van der Waals surface area contributed by atoms with E-state index in [2.05, 4.69) is 0 Å². The zero-order valence-electron chi connectivity index (χ0n) is 14.3. The van der Waals surface area contributed by atoms with Gasteiger partial charge in [-0.3, -0.25) is 14.5 Å². The highest BCUT2D eigenvalue weighted by atomic mass is 35.5. The molecule has 136 valence electrons. The number of rotatable bonds is 4. The number of anilines is 1. The zero-order chi connectivity index (χ0) is 18.7. The molecule has 2 aromatic carbocycles.